The number of hydrogen-bond donors (Lipinski definition) is 0. The summed E-state index contributed by atoms with van der Waals surface area (Å²) in [6.45, 7) is 3.18. The van der Waals surface area contributed by atoms with E-state index in [0.717, 1.165) is 23.3 Å². The van der Waals surface area contributed by atoms with Gasteiger partial charge in [-0.15, -0.1) is 0 Å². The van der Waals surface area contributed by atoms with Crippen LogP contribution in [0.2, 0.25) is 0 Å². The lowest BCUT2D eigenvalue weighted by Gasteiger charge is -2.16. The normalized spacial score (nSPS) is 10.5. The van der Waals surface area contributed by atoms with E-state index in [1.807, 2.05) is 24.3 Å². The average Bonchev–Trinajstić information content (AvgIpc) is 2.87. The van der Waals surface area contributed by atoms with Crippen molar-refractivity contribution in [3.63, 3.8) is 0 Å². The highest BCUT2D eigenvalue weighted by molar-refractivity contribution is 5.78. The Morgan fingerprint density at radius 3 is 2.90 bits per heavy atom. The van der Waals surface area contributed by atoms with E-state index in [9.17, 15) is 4.79 Å². The molecule has 0 aliphatic rings. The number of nitrogens with zero attached hydrogens (tertiary/aromatic N) is 4. The van der Waals surface area contributed by atoms with Gasteiger partial charge in [0.25, 0.3) is 0 Å². The fourth-order valence-electron chi connectivity index (χ4n) is 2.39. The van der Waals surface area contributed by atoms with Crippen molar-refractivity contribution in [2.24, 2.45) is 0 Å². The molecule has 0 fully saturated rings. The molecular weight excluding hydrogens is 264 g/mol. The maximum atomic E-state index is 12.1. The van der Waals surface area contributed by atoms with Gasteiger partial charge in [-0.1, -0.05) is 19.1 Å². The van der Waals surface area contributed by atoms with Crippen LogP contribution in [0.1, 0.15) is 25.6 Å². The highest BCUT2D eigenvalue weighted by atomic mass is 16.2. The number of rotatable bonds is 6. The van der Waals surface area contributed by atoms with Crippen molar-refractivity contribution >= 4 is 16.9 Å². The van der Waals surface area contributed by atoms with Crippen LogP contribution < -0.4 is 0 Å². The number of imidazole rings is 1. The molecule has 0 atom stereocenters. The minimum atomic E-state index is 0.0603. The van der Waals surface area contributed by atoms with E-state index in [0.29, 0.717) is 25.9 Å². The average molecular weight is 284 g/mol. The van der Waals surface area contributed by atoms with Crippen molar-refractivity contribution in [2.45, 2.75) is 32.7 Å². The molecule has 0 unspecified atom stereocenters. The molecule has 5 nitrogen and oxygen atoms in total. The second-order valence-corrected chi connectivity index (χ2v) is 5.00. The summed E-state index contributed by atoms with van der Waals surface area (Å²) in [7, 11) is 1.74. The maximum Gasteiger partial charge on any atom is 0.224 e. The number of carbonyl (C=O) groups is 1. The summed E-state index contributed by atoms with van der Waals surface area (Å²) in [4.78, 5) is 18.3. The Morgan fingerprint density at radius 2 is 2.19 bits per heavy atom. The third-order valence-corrected chi connectivity index (χ3v) is 3.58. The predicted molar refractivity (Wildman–Crippen MR) is 81.6 cm³/mol. The van der Waals surface area contributed by atoms with Crippen molar-refractivity contribution in [3.8, 4) is 6.07 Å². The van der Waals surface area contributed by atoms with Gasteiger partial charge >= 0.3 is 0 Å². The summed E-state index contributed by atoms with van der Waals surface area (Å²) in [6, 6.07) is 10.0. The van der Waals surface area contributed by atoms with Gasteiger partial charge in [-0.05, 0) is 12.1 Å². The molecular formula is C16H20N4O. The Morgan fingerprint density at radius 1 is 1.43 bits per heavy atom. The smallest absolute Gasteiger partial charge is 0.224 e. The molecule has 110 valence electrons. The van der Waals surface area contributed by atoms with E-state index in [-0.39, 0.29) is 5.91 Å². The van der Waals surface area contributed by atoms with Crippen LogP contribution in [0.25, 0.3) is 11.0 Å². The lowest BCUT2D eigenvalue weighted by atomic mass is 10.3. The number of aryl methyl sites for hydroxylation is 2. The van der Waals surface area contributed by atoms with Crippen LogP contribution in [-0.2, 0) is 17.8 Å². The molecule has 2 aromatic rings. The first-order valence-electron chi connectivity index (χ1n) is 7.22. The van der Waals surface area contributed by atoms with Gasteiger partial charge in [-0.25, -0.2) is 4.98 Å². The molecule has 0 saturated heterocycles. The Balaban J connectivity index is 2.09. The van der Waals surface area contributed by atoms with Gasteiger partial charge in [0.15, 0.2) is 0 Å². The second-order valence-electron chi connectivity index (χ2n) is 5.00. The van der Waals surface area contributed by atoms with Gasteiger partial charge in [0, 0.05) is 33.0 Å². The fraction of sp³-hybridized carbons (Fsp3) is 0.438. The number of aromatic nitrogens is 2. The zero-order valence-electron chi connectivity index (χ0n) is 12.5. The zero-order valence-corrected chi connectivity index (χ0v) is 12.5. The van der Waals surface area contributed by atoms with Crippen LogP contribution in [0.3, 0.4) is 0 Å². The third kappa shape index (κ3) is 3.40. The highest BCUT2D eigenvalue weighted by Gasteiger charge is 2.12. The number of fused-ring (bicyclic) bond motifs is 1. The minimum Gasteiger partial charge on any atom is -0.345 e. The SMILES string of the molecule is CCc1nc2ccccc2n1CCC(=O)N(C)CCC#N. The number of nitriles is 1. The fourth-order valence-corrected chi connectivity index (χ4v) is 2.39. The molecule has 0 N–H and O–H groups in total. The molecule has 0 spiro atoms. The molecule has 1 aromatic carbocycles. The topological polar surface area (TPSA) is 61.9 Å². The molecule has 0 radical (unpaired) electrons. The van der Waals surface area contributed by atoms with Crippen LogP contribution in [0.4, 0.5) is 0 Å². The van der Waals surface area contributed by atoms with E-state index in [4.69, 9.17) is 5.26 Å². The van der Waals surface area contributed by atoms with Crippen molar-refractivity contribution in [1.29, 1.82) is 5.26 Å². The van der Waals surface area contributed by atoms with Crippen molar-refractivity contribution in [3.05, 3.63) is 30.1 Å². The van der Waals surface area contributed by atoms with Crippen LogP contribution in [0.5, 0.6) is 0 Å². The Kier molecular flexibility index (Phi) is 4.94. The molecule has 21 heavy (non-hydrogen) atoms. The summed E-state index contributed by atoms with van der Waals surface area (Å²) in [6.07, 6.45) is 1.64. The third-order valence-electron chi connectivity index (χ3n) is 3.58. The first-order valence-corrected chi connectivity index (χ1v) is 7.22. The molecule has 5 heteroatoms. The van der Waals surface area contributed by atoms with E-state index >= 15 is 0 Å². The molecule has 0 bridgehead atoms. The molecule has 0 saturated carbocycles. The summed E-state index contributed by atoms with van der Waals surface area (Å²) < 4.78 is 2.12. The monoisotopic (exact) mass is 284 g/mol. The molecule has 1 heterocycles. The van der Waals surface area contributed by atoms with Gasteiger partial charge in [-0.3, -0.25) is 4.79 Å². The molecule has 0 aliphatic carbocycles. The van der Waals surface area contributed by atoms with E-state index in [1.165, 1.54) is 0 Å². The predicted octanol–water partition coefficient (Wildman–Crippen LogP) is 2.36. The van der Waals surface area contributed by atoms with Gasteiger partial charge in [0.2, 0.25) is 5.91 Å². The van der Waals surface area contributed by atoms with E-state index < -0.39 is 0 Å². The molecule has 0 aliphatic heterocycles. The number of amides is 1. The Labute approximate surface area is 124 Å². The lowest BCUT2D eigenvalue weighted by molar-refractivity contribution is -0.130. The standard InChI is InChI=1S/C16H20N4O/c1-3-15-18-13-7-4-5-8-14(13)20(15)12-9-16(21)19(2)11-6-10-17/h4-5,7-8H,3,6,9,11-12H2,1-2H3. The Hall–Kier alpha value is -2.35. The first-order chi connectivity index (χ1) is 10.2. The van der Waals surface area contributed by atoms with Crippen LogP contribution in [-0.4, -0.2) is 34.0 Å². The number of hydrogen-bond acceptors (Lipinski definition) is 3. The largest absolute Gasteiger partial charge is 0.345 e. The number of carbonyl (C=O) groups excluding carboxylic acids is 1. The summed E-state index contributed by atoms with van der Waals surface area (Å²) in [5, 5.41) is 8.56. The number of benzene rings is 1. The minimum absolute atomic E-state index is 0.0603. The van der Waals surface area contributed by atoms with E-state index in [2.05, 4.69) is 22.5 Å². The molecule has 1 aromatic heterocycles. The van der Waals surface area contributed by atoms with Crippen molar-refractivity contribution in [1.82, 2.24) is 14.5 Å². The summed E-state index contributed by atoms with van der Waals surface area (Å²) in [5.41, 5.74) is 2.04. The zero-order chi connectivity index (χ0) is 15.2. The van der Waals surface area contributed by atoms with Crippen LogP contribution in [0.15, 0.2) is 24.3 Å². The lowest BCUT2D eigenvalue weighted by Crippen LogP contribution is -2.28. The van der Waals surface area contributed by atoms with Crippen LogP contribution in [0, 0.1) is 11.3 Å². The summed E-state index contributed by atoms with van der Waals surface area (Å²) >= 11 is 0. The molecule has 2 rings (SSSR count). The first kappa shape index (κ1) is 15.0. The number of para-hydroxylation sites is 2. The van der Waals surface area contributed by atoms with E-state index in [1.54, 1.807) is 11.9 Å². The van der Waals surface area contributed by atoms with Crippen molar-refractivity contribution < 1.29 is 4.79 Å². The molecule has 1 amide bonds. The summed E-state index contributed by atoms with van der Waals surface area (Å²) in [5.74, 6) is 1.06. The van der Waals surface area contributed by atoms with Crippen molar-refractivity contribution in [2.75, 3.05) is 13.6 Å². The van der Waals surface area contributed by atoms with Gasteiger partial charge in [0.1, 0.15) is 5.82 Å². The van der Waals surface area contributed by atoms with Crippen LogP contribution >= 0.6 is 0 Å². The van der Waals surface area contributed by atoms with Gasteiger partial charge in [-0.2, -0.15) is 5.26 Å². The quantitative estimate of drug-likeness (QED) is 0.818. The maximum absolute atomic E-state index is 12.1. The second kappa shape index (κ2) is 6.89. The van der Waals surface area contributed by atoms with Gasteiger partial charge < -0.3 is 9.47 Å². The highest BCUT2D eigenvalue weighted by Crippen LogP contribution is 2.17. The van der Waals surface area contributed by atoms with Gasteiger partial charge in [0.05, 0.1) is 23.5 Å². The Bertz CT molecular complexity index is 668.